The number of nitrogens with one attached hydrogen (secondary N) is 2. The molecule has 0 aromatic carbocycles. The lowest BCUT2D eigenvalue weighted by Crippen LogP contribution is -2.55. The Labute approximate surface area is 178 Å². The number of carbonyl (C=O) groups is 2. The first kappa shape index (κ1) is 22.1. The molecule has 1 aliphatic heterocycles. The molecule has 1 aliphatic rings. The Balaban J connectivity index is 1.86. The number of nitrogens with zero attached hydrogens (tertiary/aromatic N) is 4. The number of aryl methyl sites for hydroxylation is 1. The summed E-state index contributed by atoms with van der Waals surface area (Å²) in [6.45, 7) is 2.36. The van der Waals surface area contributed by atoms with Crippen molar-refractivity contribution in [3.8, 4) is 6.07 Å². The number of hydrogen-bond donors (Lipinski definition) is 2. The molecular formula is C21H22F2N6O2. The van der Waals surface area contributed by atoms with Crippen LogP contribution in [-0.4, -0.2) is 51.7 Å². The fourth-order valence-corrected chi connectivity index (χ4v) is 3.35. The molecular weight excluding hydrogens is 406 g/mol. The van der Waals surface area contributed by atoms with Gasteiger partial charge in [0.25, 0.3) is 11.8 Å². The molecule has 0 aliphatic carbocycles. The molecule has 0 bridgehead atoms. The Morgan fingerprint density at radius 2 is 2.10 bits per heavy atom. The number of amides is 2. The number of piperidine rings is 1. The van der Waals surface area contributed by atoms with Crippen molar-refractivity contribution < 1.29 is 18.4 Å². The second-order valence-corrected chi connectivity index (χ2v) is 7.45. The lowest BCUT2D eigenvalue weighted by atomic mass is 9.98. The van der Waals surface area contributed by atoms with Crippen LogP contribution in [0.3, 0.4) is 0 Å². The summed E-state index contributed by atoms with van der Waals surface area (Å²) in [7, 11) is 0. The molecule has 31 heavy (non-hydrogen) atoms. The summed E-state index contributed by atoms with van der Waals surface area (Å²) in [5.74, 6) is -3.28. The van der Waals surface area contributed by atoms with Crippen LogP contribution in [0.1, 0.15) is 41.4 Å². The number of aromatic nitrogens is 2. The Morgan fingerprint density at radius 1 is 1.32 bits per heavy atom. The summed E-state index contributed by atoms with van der Waals surface area (Å²) in [5.41, 5.74) is 0.964. The van der Waals surface area contributed by atoms with Gasteiger partial charge in [-0.1, -0.05) is 6.07 Å². The Morgan fingerprint density at radius 3 is 2.81 bits per heavy atom. The third-order valence-corrected chi connectivity index (χ3v) is 4.98. The van der Waals surface area contributed by atoms with E-state index < -0.39 is 24.4 Å². The van der Waals surface area contributed by atoms with Crippen LogP contribution in [0.2, 0.25) is 0 Å². The first-order chi connectivity index (χ1) is 14.7. The largest absolute Gasteiger partial charge is 0.354 e. The van der Waals surface area contributed by atoms with Gasteiger partial charge in [0.1, 0.15) is 17.3 Å². The molecule has 1 fully saturated rings. The standard InChI is InChI=1S/C21H22F2N6O2/c1-13-3-4-17(27-18-9-15(10-24)6-8-25-18)28-19(13)20(31)29-12-21(22,23)7-5-16(29)11-26-14(2)30/h3-4,6,8-9,16H,5,7,11-12H2,1-2H3,(H,26,30)(H,25,27,28). The highest BCUT2D eigenvalue weighted by atomic mass is 19.3. The summed E-state index contributed by atoms with van der Waals surface area (Å²) >= 11 is 0. The average molecular weight is 428 g/mol. The zero-order valence-corrected chi connectivity index (χ0v) is 17.2. The predicted molar refractivity (Wildman–Crippen MR) is 109 cm³/mol. The molecule has 3 heterocycles. The quantitative estimate of drug-likeness (QED) is 0.758. The Hall–Kier alpha value is -3.61. The molecule has 8 nitrogen and oxygen atoms in total. The first-order valence-electron chi connectivity index (χ1n) is 9.72. The minimum atomic E-state index is -3.01. The molecule has 3 rings (SSSR count). The van der Waals surface area contributed by atoms with Crippen molar-refractivity contribution in [1.29, 1.82) is 5.26 Å². The Bertz CT molecular complexity index is 1040. The van der Waals surface area contributed by atoms with Gasteiger partial charge >= 0.3 is 0 Å². The molecule has 1 atom stereocenters. The smallest absolute Gasteiger partial charge is 0.273 e. The van der Waals surface area contributed by atoms with Crippen LogP contribution in [0.15, 0.2) is 30.5 Å². The van der Waals surface area contributed by atoms with Crippen molar-refractivity contribution in [2.24, 2.45) is 0 Å². The van der Waals surface area contributed by atoms with Gasteiger partial charge in [0.2, 0.25) is 5.91 Å². The zero-order valence-electron chi connectivity index (χ0n) is 17.2. The molecule has 1 unspecified atom stereocenters. The maximum absolute atomic E-state index is 14.1. The van der Waals surface area contributed by atoms with E-state index in [9.17, 15) is 18.4 Å². The van der Waals surface area contributed by atoms with Crippen LogP contribution < -0.4 is 10.6 Å². The van der Waals surface area contributed by atoms with E-state index in [-0.39, 0.29) is 31.0 Å². The van der Waals surface area contributed by atoms with Crippen molar-refractivity contribution in [1.82, 2.24) is 20.2 Å². The van der Waals surface area contributed by atoms with Gasteiger partial charge in [-0.3, -0.25) is 9.59 Å². The molecule has 0 radical (unpaired) electrons. The van der Waals surface area contributed by atoms with Crippen molar-refractivity contribution in [3.05, 3.63) is 47.3 Å². The predicted octanol–water partition coefficient (Wildman–Crippen LogP) is 2.78. The van der Waals surface area contributed by atoms with E-state index in [1.54, 1.807) is 25.1 Å². The second kappa shape index (κ2) is 9.04. The van der Waals surface area contributed by atoms with Crippen molar-refractivity contribution in [2.45, 2.75) is 38.7 Å². The summed E-state index contributed by atoms with van der Waals surface area (Å²) < 4.78 is 28.2. The normalized spacial score (nSPS) is 17.5. The van der Waals surface area contributed by atoms with E-state index in [0.717, 1.165) is 4.90 Å². The highest BCUT2D eigenvalue weighted by Crippen LogP contribution is 2.31. The summed E-state index contributed by atoms with van der Waals surface area (Å²) in [6.07, 6.45) is 1.18. The molecule has 2 amide bonds. The van der Waals surface area contributed by atoms with Crippen LogP contribution in [0.5, 0.6) is 0 Å². The van der Waals surface area contributed by atoms with Crippen LogP contribution in [0, 0.1) is 18.3 Å². The molecule has 2 N–H and O–H groups in total. The number of halogens is 2. The van der Waals surface area contributed by atoms with Gasteiger partial charge in [0.15, 0.2) is 0 Å². The molecule has 2 aromatic rings. The molecule has 1 saturated heterocycles. The Kier molecular flexibility index (Phi) is 6.44. The van der Waals surface area contributed by atoms with E-state index >= 15 is 0 Å². The van der Waals surface area contributed by atoms with Crippen LogP contribution in [0.4, 0.5) is 20.4 Å². The van der Waals surface area contributed by atoms with E-state index in [4.69, 9.17) is 5.26 Å². The number of hydrogen-bond acceptors (Lipinski definition) is 6. The molecule has 2 aromatic heterocycles. The SMILES string of the molecule is CC(=O)NCC1CCC(F)(F)CN1C(=O)c1nc(Nc2cc(C#N)ccn2)ccc1C. The van der Waals surface area contributed by atoms with Crippen molar-refractivity contribution in [3.63, 3.8) is 0 Å². The average Bonchev–Trinajstić information content (AvgIpc) is 2.73. The topological polar surface area (TPSA) is 111 Å². The fourth-order valence-electron chi connectivity index (χ4n) is 3.35. The van der Waals surface area contributed by atoms with Crippen LogP contribution in [-0.2, 0) is 4.79 Å². The second-order valence-electron chi connectivity index (χ2n) is 7.45. The van der Waals surface area contributed by atoms with Gasteiger partial charge in [-0.05, 0) is 37.1 Å². The monoisotopic (exact) mass is 428 g/mol. The van der Waals surface area contributed by atoms with Gasteiger partial charge < -0.3 is 15.5 Å². The molecule has 0 spiro atoms. The van der Waals surface area contributed by atoms with E-state index in [0.29, 0.717) is 22.8 Å². The van der Waals surface area contributed by atoms with Crippen molar-refractivity contribution >= 4 is 23.5 Å². The first-order valence-corrected chi connectivity index (χ1v) is 9.72. The lowest BCUT2D eigenvalue weighted by molar-refractivity contribution is -0.119. The minimum absolute atomic E-state index is 0.0342. The number of likely N-dealkylation sites (tertiary alicyclic amines) is 1. The molecule has 0 saturated carbocycles. The summed E-state index contributed by atoms with van der Waals surface area (Å²) in [6, 6.07) is 7.81. The van der Waals surface area contributed by atoms with Gasteiger partial charge in [0.05, 0.1) is 18.2 Å². The highest BCUT2D eigenvalue weighted by Gasteiger charge is 2.42. The van der Waals surface area contributed by atoms with Gasteiger partial charge in [-0.25, -0.2) is 18.7 Å². The van der Waals surface area contributed by atoms with E-state index in [1.807, 2.05) is 6.07 Å². The maximum Gasteiger partial charge on any atom is 0.273 e. The maximum atomic E-state index is 14.1. The number of carbonyl (C=O) groups excluding carboxylic acids is 2. The summed E-state index contributed by atoms with van der Waals surface area (Å²) in [5, 5.41) is 14.5. The van der Waals surface area contributed by atoms with Gasteiger partial charge in [0, 0.05) is 32.1 Å². The number of rotatable bonds is 5. The number of nitriles is 1. The number of alkyl halides is 2. The number of pyridine rings is 2. The van der Waals surface area contributed by atoms with Crippen LogP contribution >= 0.6 is 0 Å². The fraction of sp³-hybridized carbons (Fsp3) is 0.381. The minimum Gasteiger partial charge on any atom is -0.354 e. The third-order valence-electron chi connectivity index (χ3n) is 4.98. The highest BCUT2D eigenvalue weighted by molar-refractivity contribution is 5.94. The lowest BCUT2D eigenvalue weighted by Gasteiger charge is -2.39. The molecule has 10 heteroatoms. The van der Waals surface area contributed by atoms with Crippen molar-refractivity contribution in [2.75, 3.05) is 18.4 Å². The van der Waals surface area contributed by atoms with E-state index in [2.05, 4.69) is 20.6 Å². The van der Waals surface area contributed by atoms with Gasteiger partial charge in [-0.2, -0.15) is 5.26 Å². The zero-order chi connectivity index (χ0) is 22.6. The molecule has 162 valence electrons. The third kappa shape index (κ3) is 5.51. The van der Waals surface area contributed by atoms with Gasteiger partial charge in [-0.15, -0.1) is 0 Å². The van der Waals surface area contributed by atoms with E-state index in [1.165, 1.54) is 19.2 Å². The number of anilines is 2. The van der Waals surface area contributed by atoms with Crippen LogP contribution in [0.25, 0.3) is 0 Å². The summed E-state index contributed by atoms with van der Waals surface area (Å²) in [4.78, 5) is 34.0.